The number of carbonyl (C=O) groups excluding carboxylic acids is 3. The van der Waals surface area contributed by atoms with Crippen molar-refractivity contribution in [1.82, 2.24) is 5.32 Å². The van der Waals surface area contributed by atoms with Crippen molar-refractivity contribution >= 4 is 29.6 Å². The van der Waals surface area contributed by atoms with Gasteiger partial charge in [0.05, 0.1) is 12.8 Å². The van der Waals surface area contributed by atoms with Gasteiger partial charge in [0.15, 0.2) is 0 Å². The van der Waals surface area contributed by atoms with Crippen molar-refractivity contribution in [2.24, 2.45) is 0 Å². The van der Waals surface area contributed by atoms with Crippen LogP contribution in [-0.4, -0.2) is 38.2 Å². The third kappa shape index (κ3) is 5.24. The van der Waals surface area contributed by atoms with Gasteiger partial charge in [0.1, 0.15) is 36.0 Å². The fourth-order valence-corrected chi connectivity index (χ4v) is 3.32. The Balaban J connectivity index is 1.46. The molecule has 0 spiro atoms. The molecule has 1 aliphatic heterocycles. The number of amides is 4. The number of ether oxygens (including phenoxy) is 3. The lowest BCUT2D eigenvalue weighted by Crippen LogP contribution is -2.54. The van der Waals surface area contributed by atoms with E-state index in [0.29, 0.717) is 36.0 Å². The minimum absolute atomic E-state index is 0.167. The van der Waals surface area contributed by atoms with Crippen molar-refractivity contribution in [3.63, 3.8) is 0 Å². The fraction of sp³-hybridized carbons (Fsp3) is 0.115. The highest BCUT2D eigenvalue weighted by atomic mass is 16.5. The van der Waals surface area contributed by atoms with Crippen LogP contribution in [0.2, 0.25) is 0 Å². The van der Waals surface area contributed by atoms with Crippen molar-refractivity contribution in [3.05, 3.63) is 90.0 Å². The lowest BCUT2D eigenvalue weighted by atomic mass is 10.1. The number of hydrogen-bond acceptors (Lipinski definition) is 6. The molecule has 0 aliphatic carbocycles. The van der Waals surface area contributed by atoms with Gasteiger partial charge in [-0.2, -0.15) is 0 Å². The molecule has 3 aromatic rings. The average Bonchev–Trinajstić information content (AvgIpc) is 2.86. The van der Waals surface area contributed by atoms with Crippen LogP contribution in [0.25, 0.3) is 6.08 Å². The lowest BCUT2D eigenvalue weighted by Gasteiger charge is -2.26. The van der Waals surface area contributed by atoms with Crippen LogP contribution in [0.3, 0.4) is 0 Å². The van der Waals surface area contributed by atoms with E-state index in [1.165, 1.54) is 13.2 Å². The highest BCUT2D eigenvalue weighted by molar-refractivity contribution is 6.39. The highest BCUT2D eigenvalue weighted by Crippen LogP contribution is 2.25. The molecule has 1 aliphatic rings. The lowest BCUT2D eigenvalue weighted by molar-refractivity contribution is -0.122. The standard InChI is InChI=1S/C26H22N2O6/c1-32-20-12-10-19(11-13-20)28-25(30)23(24(29)27-26(28)31)17-18-6-5-9-22(16-18)34-15-14-33-21-7-3-2-4-8-21/h2-13,16-17H,14-15H2,1H3,(H,27,29,31)/b23-17-. The predicted octanol–water partition coefficient (Wildman–Crippen LogP) is 3.82. The summed E-state index contributed by atoms with van der Waals surface area (Å²) in [6.07, 6.45) is 1.42. The second kappa shape index (κ2) is 10.4. The maximum absolute atomic E-state index is 13.0. The molecule has 0 saturated carbocycles. The minimum atomic E-state index is -0.812. The first kappa shape index (κ1) is 22.6. The number of nitrogens with one attached hydrogen (secondary N) is 1. The summed E-state index contributed by atoms with van der Waals surface area (Å²) in [7, 11) is 1.52. The Morgan fingerprint density at radius 2 is 1.47 bits per heavy atom. The molecule has 0 unspecified atom stereocenters. The molecule has 4 amide bonds. The third-order valence-electron chi connectivity index (χ3n) is 4.97. The van der Waals surface area contributed by atoms with Crippen molar-refractivity contribution in [2.75, 3.05) is 25.2 Å². The molecule has 0 bridgehead atoms. The maximum Gasteiger partial charge on any atom is 0.335 e. The van der Waals surface area contributed by atoms with Crippen LogP contribution in [0.15, 0.2) is 84.4 Å². The predicted molar refractivity (Wildman–Crippen MR) is 126 cm³/mol. The van der Waals surface area contributed by atoms with Crippen molar-refractivity contribution in [3.8, 4) is 17.2 Å². The van der Waals surface area contributed by atoms with Crippen molar-refractivity contribution in [2.45, 2.75) is 0 Å². The molecule has 0 atom stereocenters. The van der Waals surface area contributed by atoms with Crippen molar-refractivity contribution < 1.29 is 28.6 Å². The SMILES string of the molecule is COc1ccc(N2C(=O)NC(=O)/C(=C/c3cccc(OCCOc4ccccc4)c3)C2=O)cc1. The molecule has 1 fully saturated rings. The zero-order chi connectivity index (χ0) is 23.9. The van der Waals surface area contributed by atoms with Gasteiger partial charge in [-0.15, -0.1) is 0 Å². The van der Waals surface area contributed by atoms with Crippen LogP contribution in [-0.2, 0) is 9.59 Å². The van der Waals surface area contributed by atoms with E-state index in [1.54, 1.807) is 48.5 Å². The van der Waals surface area contributed by atoms with Crippen LogP contribution < -0.4 is 24.4 Å². The summed E-state index contributed by atoms with van der Waals surface area (Å²) in [5, 5.41) is 2.21. The molecule has 34 heavy (non-hydrogen) atoms. The zero-order valence-corrected chi connectivity index (χ0v) is 18.4. The van der Waals surface area contributed by atoms with Gasteiger partial charge in [-0.25, -0.2) is 9.69 Å². The summed E-state index contributed by atoms with van der Waals surface area (Å²) in [4.78, 5) is 38.7. The fourth-order valence-electron chi connectivity index (χ4n) is 3.32. The first-order valence-corrected chi connectivity index (χ1v) is 10.5. The Kier molecular flexibility index (Phi) is 6.88. The number of rotatable bonds is 8. The molecule has 0 aromatic heterocycles. The maximum atomic E-state index is 13.0. The summed E-state index contributed by atoms with van der Waals surface area (Å²) in [6.45, 7) is 0.670. The number of anilines is 1. The average molecular weight is 458 g/mol. The van der Waals surface area contributed by atoms with Gasteiger partial charge in [-0.05, 0) is 60.2 Å². The van der Waals surface area contributed by atoms with E-state index in [-0.39, 0.29) is 5.57 Å². The second-order valence-electron chi connectivity index (χ2n) is 7.24. The normalized spacial score (nSPS) is 14.7. The Bertz CT molecular complexity index is 1220. The summed E-state index contributed by atoms with van der Waals surface area (Å²) >= 11 is 0. The van der Waals surface area contributed by atoms with Crippen LogP contribution in [0.5, 0.6) is 17.2 Å². The van der Waals surface area contributed by atoms with E-state index in [1.807, 2.05) is 30.3 Å². The summed E-state index contributed by atoms with van der Waals surface area (Å²) in [6, 6.07) is 21.9. The number of carbonyl (C=O) groups is 3. The molecule has 0 radical (unpaired) electrons. The molecule has 172 valence electrons. The summed E-state index contributed by atoms with van der Waals surface area (Å²) < 4.78 is 16.4. The molecule has 8 nitrogen and oxygen atoms in total. The van der Waals surface area contributed by atoms with Gasteiger partial charge >= 0.3 is 6.03 Å². The molecule has 4 rings (SSSR count). The number of imide groups is 2. The summed E-state index contributed by atoms with van der Waals surface area (Å²) in [5.74, 6) is 0.399. The van der Waals surface area contributed by atoms with Gasteiger partial charge in [-0.3, -0.25) is 14.9 Å². The monoisotopic (exact) mass is 458 g/mol. The minimum Gasteiger partial charge on any atom is -0.497 e. The van der Waals surface area contributed by atoms with Crippen LogP contribution >= 0.6 is 0 Å². The Morgan fingerprint density at radius 3 is 2.18 bits per heavy atom. The quantitative estimate of drug-likeness (QED) is 0.313. The largest absolute Gasteiger partial charge is 0.497 e. The molecule has 1 heterocycles. The van der Waals surface area contributed by atoms with Gasteiger partial charge in [0.25, 0.3) is 11.8 Å². The molecule has 3 aromatic carbocycles. The van der Waals surface area contributed by atoms with Crippen LogP contribution in [0, 0.1) is 0 Å². The number of nitrogens with zero attached hydrogens (tertiary/aromatic N) is 1. The summed E-state index contributed by atoms with van der Waals surface area (Å²) in [5.41, 5.74) is 0.723. The first-order chi connectivity index (χ1) is 16.5. The molecular formula is C26H22N2O6. The Labute approximate surface area is 196 Å². The first-order valence-electron chi connectivity index (χ1n) is 10.5. The van der Waals surface area contributed by atoms with E-state index in [9.17, 15) is 14.4 Å². The van der Waals surface area contributed by atoms with Gasteiger partial charge in [0, 0.05) is 0 Å². The molecular weight excluding hydrogens is 436 g/mol. The number of para-hydroxylation sites is 1. The van der Waals surface area contributed by atoms with Crippen molar-refractivity contribution in [1.29, 1.82) is 0 Å². The number of methoxy groups -OCH3 is 1. The third-order valence-corrected chi connectivity index (χ3v) is 4.97. The number of benzene rings is 3. The highest BCUT2D eigenvalue weighted by Gasteiger charge is 2.36. The van der Waals surface area contributed by atoms with Gasteiger partial charge in [0.2, 0.25) is 0 Å². The molecule has 1 saturated heterocycles. The number of urea groups is 1. The van der Waals surface area contributed by atoms with E-state index in [0.717, 1.165) is 10.6 Å². The Morgan fingerprint density at radius 1 is 0.794 bits per heavy atom. The van der Waals surface area contributed by atoms with Crippen LogP contribution in [0.4, 0.5) is 10.5 Å². The molecule has 1 N–H and O–H groups in total. The number of hydrogen-bond donors (Lipinski definition) is 1. The topological polar surface area (TPSA) is 94.2 Å². The second-order valence-corrected chi connectivity index (χ2v) is 7.24. The van der Waals surface area contributed by atoms with E-state index in [2.05, 4.69) is 5.32 Å². The van der Waals surface area contributed by atoms with Crippen LogP contribution in [0.1, 0.15) is 5.56 Å². The van der Waals surface area contributed by atoms with Gasteiger partial charge < -0.3 is 14.2 Å². The smallest absolute Gasteiger partial charge is 0.335 e. The van der Waals surface area contributed by atoms with Gasteiger partial charge in [-0.1, -0.05) is 30.3 Å². The number of barbiturate groups is 1. The molecule has 8 heteroatoms. The van der Waals surface area contributed by atoms with E-state index >= 15 is 0 Å². The Hall–Kier alpha value is -4.59. The zero-order valence-electron chi connectivity index (χ0n) is 18.4. The van der Waals surface area contributed by atoms with E-state index < -0.39 is 17.8 Å². The van der Waals surface area contributed by atoms with E-state index in [4.69, 9.17) is 14.2 Å².